The van der Waals surface area contributed by atoms with Crippen molar-refractivity contribution in [2.75, 3.05) is 6.61 Å². The number of carboxylic acid groups (broad SMARTS) is 1. The van der Waals surface area contributed by atoms with Gasteiger partial charge in [0.1, 0.15) is 30.1 Å². The van der Waals surface area contributed by atoms with Crippen LogP contribution in [0.3, 0.4) is 0 Å². The summed E-state index contributed by atoms with van der Waals surface area (Å²) in [6, 6.07) is 5.76. The summed E-state index contributed by atoms with van der Waals surface area (Å²) in [7, 11) is 0. The number of ketones is 1. The third-order valence-electron chi connectivity index (χ3n) is 5.11. The molecule has 154 valence electrons. The van der Waals surface area contributed by atoms with Gasteiger partial charge in [-0.2, -0.15) is 0 Å². The van der Waals surface area contributed by atoms with Crippen LogP contribution in [0.2, 0.25) is 0 Å². The highest BCUT2D eigenvalue weighted by Crippen LogP contribution is 2.34. The van der Waals surface area contributed by atoms with E-state index in [1.165, 1.54) is 12.1 Å². The average molecular weight is 392 g/mol. The Bertz CT molecular complexity index is 673. The molecule has 0 saturated heterocycles. The quantitative estimate of drug-likeness (QED) is 0.413. The highest BCUT2D eigenvalue weighted by Gasteiger charge is 2.32. The zero-order valence-corrected chi connectivity index (χ0v) is 16.1. The zero-order valence-electron chi connectivity index (χ0n) is 16.1. The summed E-state index contributed by atoms with van der Waals surface area (Å²) in [6.07, 6.45) is 8.46. The van der Waals surface area contributed by atoms with Crippen molar-refractivity contribution in [1.82, 2.24) is 0 Å². The van der Waals surface area contributed by atoms with Gasteiger partial charge in [0.05, 0.1) is 0 Å². The molecule has 1 aliphatic carbocycles. The van der Waals surface area contributed by atoms with E-state index in [9.17, 15) is 19.1 Å². The minimum absolute atomic E-state index is 0.0212. The molecule has 0 unspecified atom stereocenters. The molecule has 1 fully saturated rings. The molecule has 0 aliphatic heterocycles. The molecule has 0 aromatic heterocycles. The van der Waals surface area contributed by atoms with E-state index in [1.54, 1.807) is 18.2 Å². The van der Waals surface area contributed by atoms with Crippen LogP contribution in [0.1, 0.15) is 51.4 Å². The van der Waals surface area contributed by atoms with Gasteiger partial charge in [-0.3, -0.25) is 9.59 Å². The molecule has 0 bridgehead atoms. The third-order valence-corrected chi connectivity index (χ3v) is 5.11. The second-order valence-electron chi connectivity index (χ2n) is 7.34. The van der Waals surface area contributed by atoms with E-state index in [0.29, 0.717) is 18.6 Å². The highest BCUT2D eigenvalue weighted by molar-refractivity contribution is 5.83. The smallest absolute Gasteiger partial charge is 0.303 e. The Labute approximate surface area is 165 Å². The molecule has 1 aromatic rings. The number of benzene rings is 1. The van der Waals surface area contributed by atoms with Crippen molar-refractivity contribution in [2.45, 2.75) is 57.5 Å². The summed E-state index contributed by atoms with van der Waals surface area (Å²) in [4.78, 5) is 22.6. The monoisotopic (exact) mass is 392 g/mol. The molecule has 0 heterocycles. The number of carboxylic acids is 1. The summed E-state index contributed by atoms with van der Waals surface area (Å²) >= 11 is 0. The van der Waals surface area contributed by atoms with Gasteiger partial charge in [-0.1, -0.05) is 37.5 Å². The van der Waals surface area contributed by atoms with Crippen molar-refractivity contribution >= 4 is 11.8 Å². The molecule has 6 heteroatoms. The third kappa shape index (κ3) is 7.80. The van der Waals surface area contributed by atoms with Crippen LogP contribution >= 0.6 is 0 Å². The maximum Gasteiger partial charge on any atom is 0.303 e. The van der Waals surface area contributed by atoms with E-state index in [0.717, 1.165) is 32.1 Å². The van der Waals surface area contributed by atoms with E-state index in [1.807, 2.05) is 6.08 Å². The SMILES string of the molecule is O=C(O)CCCCCC[C@H]1C(=O)CC[C@@H]1/C=C/[C@@H](O)COc1cccc(F)c1. The molecule has 1 aromatic carbocycles. The number of aliphatic hydroxyl groups is 1. The molecule has 0 spiro atoms. The number of halogens is 1. The van der Waals surface area contributed by atoms with Gasteiger partial charge in [-0.15, -0.1) is 0 Å². The zero-order chi connectivity index (χ0) is 20.4. The van der Waals surface area contributed by atoms with Crippen molar-refractivity contribution in [2.24, 2.45) is 11.8 Å². The number of carbonyl (C=O) groups excluding carboxylic acids is 1. The number of unbranched alkanes of at least 4 members (excludes halogenated alkanes) is 3. The van der Waals surface area contributed by atoms with Crippen LogP contribution < -0.4 is 4.74 Å². The van der Waals surface area contributed by atoms with E-state index in [4.69, 9.17) is 9.84 Å². The molecule has 2 rings (SSSR count). The van der Waals surface area contributed by atoms with E-state index in [-0.39, 0.29) is 30.6 Å². The number of allylic oxidation sites excluding steroid dienone is 1. The lowest BCUT2D eigenvalue weighted by molar-refractivity contribution is -0.137. The van der Waals surface area contributed by atoms with Gasteiger partial charge >= 0.3 is 5.97 Å². The van der Waals surface area contributed by atoms with Crippen molar-refractivity contribution in [1.29, 1.82) is 0 Å². The standard InChI is InChI=1S/C22H29FO5/c23-17-6-5-7-19(14-17)28-15-18(24)12-10-16-11-13-21(25)20(16)8-3-1-2-4-9-22(26)27/h5-7,10,12,14,16,18,20,24H,1-4,8-9,11,13,15H2,(H,26,27)/b12-10+/t16-,18+,20+/m0/s1. The Kier molecular flexibility index (Phi) is 9.14. The molecular weight excluding hydrogens is 363 g/mol. The van der Waals surface area contributed by atoms with Crippen molar-refractivity contribution in [3.05, 3.63) is 42.2 Å². The van der Waals surface area contributed by atoms with Crippen molar-refractivity contribution in [3.63, 3.8) is 0 Å². The number of hydrogen-bond acceptors (Lipinski definition) is 4. The first-order valence-corrected chi connectivity index (χ1v) is 9.95. The normalized spacial score (nSPS) is 20.6. The summed E-state index contributed by atoms with van der Waals surface area (Å²) < 4.78 is 18.5. The summed E-state index contributed by atoms with van der Waals surface area (Å²) in [5.41, 5.74) is 0. The highest BCUT2D eigenvalue weighted by atomic mass is 19.1. The number of hydrogen-bond donors (Lipinski definition) is 2. The predicted octanol–water partition coefficient (Wildman–Crippen LogP) is 4.14. The fourth-order valence-electron chi connectivity index (χ4n) is 3.60. The molecule has 0 amide bonds. The Morgan fingerprint density at radius 2 is 2.07 bits per heavy atom. The van der Waals surface area contributed by atoms with Crippen LogP contribution in [0, 0.1) is 17.7 Å². The van der Waals surface area contributed by atoms with Crippen molar-refractivity contribution in [3.8, 4) is 5.75 Å². The number of Topliss-reactive ketones (excluding diaryl/α,β-unsaturated/α-hetero) is 1. The molecular formula is C22H29FO5. The summed E-state index contributed by atoms with van der Waals surface area (Å²) in [6.45, 7) is 0.0227. The van der Waals surface area contributed by atoms with Gasteiger partial charge in [0.2, 0.25) is 0 Å². The van der Waals surface area contributed by atoms with Gasteiger partial charge in [-0.05, 0) is 37.3 Å². The molecule has 28 heavy (non-hydrogen) atoms. The lowest BCUT2D eigenvalue weighted by Gasteiger charge is -2.16. The minimum atomic E-state index is -0.823. The van der Waals surface area contributed by atoms with Crippen LogP contribution in [0.5, 0.6) is 5.75 Å². The second-order valence-corrected chi connectivity index (χ2v) is 7.34. The molecule has 1 saturated carbocycles. The van der Waals surface area contributed by atoms with Crippen LogP contribution in [0.25, 0.3) is 0 Å². The van der Waals surface area contributed by atoms with Gasteiger partial charge in [0, 0.05) is 24.8 Å². The topological polar surface area (TPSA) is 83.8 Å². The first kappa shape index (κ1) is 22.1. The number of rotatable bonds is 12. The van der Waals surface area contributed by atoms with Crippen LogP contribution in [0.4, 0.5) is 4.39 Å². The number of carbonyl (C=O) groups is 2. The van der Waals surface area contributed by atoms with Crippen molar-refractivity contribution < 1.29 is 28.9 Å². The minimum Gasteiger partial charge on any atom is -0.490 e. The van der Waals surface area contributed by atoms with Crippen LogP contribution in [-0.2, 0) is 9.59 Å². The van der Waals surface area contributed by atoms with Gasteiger partial charge in [0.15, 0.2) is 0 Å². The Morgan fingerprint density at radius 1 is 1.29 bits per heavy atom. The molecule has 5 nitrogen and oxygen atoms in total. The van der Waals surface area contributed by atoms with Gasteiger partial charge in [-0.25, -0.2) is 4.39 Å². The van der Waals surface area contributed by atoms with Crippen LogP contribution in [-0.4, -0.2) is 34.7 Å². The Hall–Kier alpha value is -2.21. The first-order chi connectivity index (χ1) is 13.5. The Morgan fingerprint density at radius 3 is 2.82 bits per heavy atom. The lowest BCUT2D eigenvalue weighted by atomic mass is 9.89. The maximum atomic E-state index is 13.1. The fourth-order valence-corrected chi connectivity index (χ4v) is 3.60. The molecule has 2 N–H and O–H groups in total. The molecule has 3 atom stereocenters. The van der Waals surface area contributed by atoms with Crippen LogP contribution in [0.15, 0.2) is 36.4 Å². The Balaban J connectivity index is 1.72. The maximum absolute atomic E-state index is 13.1. The average Bonchev–Trinajstić information content (AvgIpc) is 3.01. The molecule has 0 radical (unpaired) electrons. The number of ether oxygens (including phenoxy) is 1. The molecule has 1 aliphatic rings. The summed E-state index contributed by atoms with van der Waals surface area (Å²) in [5, 5.41) is 18.7. The largest absolute Gasteiger partial charge is 0.490 e. The fraction of sp³-hybridized carbons (Fsp3) is 0.545. The second kappa shape index (κ2) is 11.6. The van der Waals surface area contributed by atoms with Gasteiger partial charge < -0.3 is 14.9 Å². The first-order valence-electron chi connectivity index (χ1n) is 9.95. The summed E-state index contributed by atoms with van der Waals surface area (Å²) in [5.74, 6) is -0.425. The predicted molar refractivity (Wildman–Crippen MR) is 104 cm³/mol. The number of aliphatic carboxylic acids is 1. The van der Waals surface area contributed by atoms with E-state index in [2.05, 4.69) is 0 Å². The van der Waals surface area contributed by atoms with E-state index >= 15 is 0 Å². The number of aliphatic hydroxyl groups excluding tert-OH is 1. The van der Waals surface area contributed by atoms with Gasteiger partial charge in [0.25, 0.3) is 0 Å². The van der Waals surface area contributed by atoms with E-state index < -0.39 is 17.9 Å². The lowest BCUT2D eigenvalue weighted by Crippen LogP contribution is -2.17.